The summed E-state index contributed by atoms with van der Waals surface area (Å²) in [5, 5.41) is 12.9. The van der Waals surface area contributed by atoms with Gasteiger partial charge in [-0.05, 0) is 56.8 Å². The molecule has 0 saturated carbocycles. The van der Waals surface area contributed by atoms with Gasteiger partial charge in [-0.1, -0.05) is 43.9 Å². The third-order valence-electron chi connectivity index (χ3n) is 5.78. The molecule has 0 unspecified atom stereocenters. The highest BCUT2D eigenvalue weighted by molar-refractivity contribution is 6.09. The normalized spacial score (nSPS) is 10.8. The lowest BCUT2D eigenvalue weighted by molar-refractivity contribution is 0.0949. The minimum absolute atomic E-state index is 0.119. The van der Waals surface area contributed by atoms with E-state index in [1.54, 1.807) is 25.4 Å². The van der Waals surface area contributed by atoms with E-state index >= 15 is 0 Å². The van der Waals surface area contributed by atoms with Gasteiger partial charge < -0.3 is 21.3 Å². The largest absolute Gasteiger partial charge is 0.355 e. The Labute approximate surface area is 201 Å². The molecule has 180 valence electrons. The van der Waals surface area contributed by atoms with Gasteiger partial charge in [0.05, 0.1) is 16.8 Å². The fraction of sp³-hybridized carbons (Fsp3) is 0.370. The number of benzene rings is 2. The number of hydrogen-bond acceptors (Lipinski definition) is 5. The highest BCUT2D eigenvalue weighted by Gasteiger charge is 2.16. The Hall–Kier alpha value is -3.45. The van der Waals surface area contributed by atoms with Gasteiger partial charge in [-0.2, -0.15) is 0 Å². The van der Waals surface area contributed by atoms with E-state index in [2.05, 4.69) is 26.3 Å². The van der Waals surface area contributed by atoms with Crippen molar-refractivity contribution in [1.29, 1.82) is 0 Å². The van der Waals surface area contributed by atoms with Gasteiger partial charge in [0.15, 0.2) is 0 Å². The number of para-hydroxylation sites is 1. The van der Waals surface area contributed by atoms with Crippen molar-refractivity contribution in [1.82, 2.24) is 20.9 Å². The van der Waals surface area contributed by atoms with Crippen molar-refractivity contribution in [2.24, 2.45) is 0 Å². The monoisotopic (exact) mass is 461 g/mol. The van der Waals surface area contributed by atoms with Crippen LogP contribution in [0.3, 0.4) is 0 Å². The quantitative estimate of drug-likeness (QED) is 0.279. The first-order chi connectivity index (χ1) is 16.6. The minimum atomic E-state index is -0.242. The van der Waals surface area contributed by atoms with Crippen LogP contribution in [0.2, 0.25) is 0 Å². The van der Waals surface area contributed by atoms with Crippen molar-refractivity contribution in [3.05, 3.63) is 65.9 Å². The fourth-order valence-corrected chi connectivity index (χ4v) is 3.88. The molecule has 0 aliphatic rings. The molecular weight excluding hydrogens is 426 g/mol. The number of unbranched alkanes of at least 4 members (excludes halogenated alkanes) is 5. The molecule has 7 heteroatoms. The standard InChI is InChI=1S/C27H35N5O2/c1-28-16-10-5-3-4-6-11-17-30-26(33)20-14-15-24-22(18-20)25(23(19-31-24)27(34)29-2)32-21-12-8-7-9-13-21/h7-9,12-15,18-19,28H,3-6,10-11,16-17H2,1-2H3,(H,29,34)(H,30,33)(H,31,32). The molecule has 0 radical (unpaired) electrons. The first-order valence-corrected chi connectivity index (χ1v) is 12.0. The van der Waals surface area contributed by atoms with Gasteiger partial charge in [-0.15, -0.1) is 0 Å². The summed E-state index contributed by atoms with van der Waals surface area (Å²) in [7, 11) is 3.57. The lowest BCUT2D eigenvalue weighted by Crippen LogP contribution is -2.24. The van der Waals surface area contributed by atoms with Crippen LogP contribution in [0.25, 0.3) is 10.9 Å². The lowest BCUT2D eigenvalue weighted by atomic mass is 10.0. The Kier molecular flexibility index (Phi) is 9.85. The average molecular weight is 462 g/mol. The zero-order valence-corrected chi connectivity index (χ0v) is 20.1. The second kappa shape index (κ2) is 13.3. The van der Waals surface area contributed by atoms with Crippen molar-refractivity contribution in [2.45, 2.75) is 38.5 Å². The number of nitrogens with zero attached hydrogens (tertiary/aromatic N) is 1. The van der Waals surface area contributed by atoms with Gasteiger partial charge in [0.25, 0.3) is 11.8 Å². The Morgan fingerprint density at radius 3 is 2.24 bits per heavy atom. The number of nitrogens with one attached hydrogen (secondary N) is 4. The number of carbonyl (C=O) groups is 2. The fourth-order valence-electron chi connectivity index (χ4n) is 3.88. The Bertz CT molecular complexity index is 1090. The Balaban J connectivity index is 1.70. The van der Waals surface area contributed by atoms with E-state index in [-0.39, 0.29) is 11.8 Å². The number of rotatable bonds is 13. The van der Waals surface area contributed by atoms with Crippen molar-refractivity contribution in [2.75, 3.05) is 32.5 Å². The van der Waals surface area contributed by atoms with Gasteiger partial charge in [0.2, 0.25) is 0 Å². The number of pyridine rings is 1. The highest BCUT2D eigenvalue weighted by Crippen LogP contribution is 2.30. The molecule has 2 aromatic carbocycles. The predicted molar refractivity (Wildman–Crippen MR) is 139 cm³/mol. The molecule has 34 heavy (non-hydrogen) atoms. The maximum atomic E-state index is 12.8. The first-order valence-electron chi connectivity index (χ1n) is 12.0. The Morgan fingerprint density at radius 1 is 0.824 bits per heavy atom. The van der Waals surface area contributed by atoms with Gasteiger partial charge in [-0.3, -0.25) is 14.6 Å². The van der Waals surface area contributed by atoms with Crippen LogP contribution in [0.15, 0.2) is 54.7 Å². The third kappa shape index (κ3) is 7.02. The van der Waals surface area contributed by atoms with Crippen LogP contribution >= 0.6 is 0 Å². The summed E-state index contributed by atoms with van der Waals surface area (Å²) in [6, 6.07) is 15.0. The number of amides is 2. The predicted octanol–water partition coefficient (Wildman–Crippen LogP) is 4.63. The molecular formula is C27H35N5O2. The molecule has 3 aromatic rings. The van der Waals surface area contributed by atoms with Crippen LogP contribution in [0.1, 0.15) is 59.2 Å². The zero-order chi connectivity index (χ0) is 24.2. The molecule has 0 bridgehead atoms. The molecule has 0 fully saturated rings. The van der Waals surface area contributed by atoms with Crippen molar-refractivity contribution >= 4 is 34.1 Å². The summed E-state index contributed by atoms with van der Waals surface area (Å²) >= 11 is 0. The first kappa shape index (κ1) is 25.2. The van der Waals surface area contributed by atoms with E-state index in [1.165, 1.54) is 25.7 Å². The van der Waals surface area contributed by atoms with Crippen LogP contribution in [-0.4, -0.2) is 44.0 Å². The van der Waals surface area contributed by atoms with E-state index in [0.29, 0.717) is 28.9 Å². The van der Waals surface area contributed by atoms with Crippen LogP contribution in [0, 0.1) is 0 Å². The topological polar surface area (TPSA) is 95.2 Å². The van der Waals surface area contributed by atoms with E-state index in [4.69, 9.17) is 0 Å². The SMILES string of the molecule is CNCCCCCCCCNC(=O)c1ccc2ncc(C(=O)NC)c(Nc3ccccc3)c2c1. The van der Waals surface area contributed by atoms with Crippen molar-refractivity contribution < 1.29 is 9.59 Å². The molecule has 0 spiro atoms. The van der Waals surface area contributed by atoms with Crippen LogP contribution in [0.4, 0.5) is 11.4 Å². The number of carbonyl (C=O) groups excluding carboxylic acids is 2. The van der Waals surface area contributed by atoms with Gasteiger partial charge in [0, 0.05) is 36.4 Å². The van der Waals surface area contributed by atoms with Crippen molar-refractivity contribution in [3.8, 4) is 0 Å². The summed E-state index contributed by atoms with van der Waals surface area (Å²) in [5.41, 5.74) is 3.16. The summed E-state index contributed by atoms with van der Waals surface area (Å²) in [6.45, 7) is 1.73. The van der Waals surface area contributed by atoms with Crippen molar-refractivity contribution in [3.63, 3.8) is 0 Å². The summed E-state index contributed by atoms with van der Waals surface area (Å²) < 4.78 is 0. The molecule has 0 saturated heterocycles. The molecule has 1 heterocycles. The summed E-state index contributed by atoms with van der Waals surface area (Å²) in [4.78, 5) is 29.8. The molecule has 0 aliphatic heterocycles. The minimum Gasteiger partial charge on any atom is -0.355 e. The molecule has 2 amide bonds. The van der Waals surface area contributed by atoms with Gasteiger partial charge in [0.1, 0.15) is 0 Å². The molecule has 4 N–H and O–H groups in total. The zero-order valence-electron chi connectivity index (χ0n) is 20.1. The third-order valence-corrected chi connectivity index (χ3v) is 5.78. The number of anilines is 2. The van der Waals surface area contributed by atoms with E-state index in [1.807, 2.05) is 43.4 Å². The molecule has 7 nitrogen and oxygen atoms in total. The summed E-state index contributed by atoms with van der Waals surface area (Å²) in [5.74, 6) is -0.361. The maximum absolute atomic E-state index is 12.8. The molecule has 1 aromatic heterocycles. The molecule has 3 rings (SSSR count). The number of fused-ring (bicyclic) bond motifs is 1. The maximum Gasteiger partial charge on any atom is 0.254 e. The number of hydrogen-bond donors (Lipinski definition) is 4. The summed E-state index contributed by atoms with van der Waals surface area (Å²) in [6.07, 6.45) is 8.53. The second-order valence-electron chi connectivity index (χ2n) is 8.33. The highest BCUT2D eigenvalue weighted by atomic mass is 16.2. The number of aromatic nitrogens is 1. The van der Waals surface area contributed by atoms with Crippen LogP contribution in [0.5, 0.6) is 0 Å². The lowest BCUT2D eigenvalue weighted by Gasteiger charge is -2.15. The van der Waals surface area contributed by atoms with Crippen LogP contribution in [-0.2, 0) is 0 Å². The smallest absolute Gasteiger partial charge is 0.254 e. The molecule has 0 atom stereocenters. The van der Waals surface area contributed by atoms with E-state index in [0.717, 1.165) is 30.5 Å². The van der Waals surface area contributed by atoms with Gasteiger partial charge in [-0.25, -0.2) is 0 Å². The second-order valence-corrected chi connectivity index (χ2v) is 8.33. The van der Waals surface area contributed by atoms with Crippen LogP contribution < -0.4 is 21.3 Å². The van der Waals surface area contributed by atoms with Gasteiger partial charge >= 0.3 is 0 Å². The van der Waals surface area contributed by atoms with E-state index in [9.17, 15) is 9.59 Å². The Morgan fingerprint density at radius 2 is 1.53 bits per heavy atom. The van der Waals surface area contributed by atoms with E-state index < -0.39 is 0 Å². The molecule has 0 aliphatic carbocycles. The average Bonchev–Trinajstić information content (AvgIpc) is 2.87.